The highest BCUT2D eigenvalue weighted by Gasteiger charge is 2.32. The van der Waals surface area contributed by atoms with Crippen molar-refractivity contribution < 1.29 is 9.59 Å². The smallest absolute Gasteiger partial charge is 0.251 e. The summed E-state index contributed by atoms with van der Waals surface area (Å²) >= 11 is 5.83. The number of benzene rings is 1. The first kappa shape index (κ1) is 17.2. The molecule has 1 aromatic carbocycles. The van der Waals surface area contributed by atoms with E-state index in [2.05, 4.69) is 10.6 Å². The Balaban J connectivity index is 1.56. The highest BCUT2D eigenvalue weighted by Crippen LogP contribution is 2.27. The van der Waals surface area contributed by atoms with Crippen molar-refractivity contribution in [1.29, 1.82) is 0 Å². The Morgan fingerprint density at radius 3 is 2.33 bits per heavy atom. The van der Waals surface area contributed by atoms with Crippen LogP contribution in [0.1, 0.15) is 30.1 Å². The van der Waals surface area contributed by atoms with Crippen LogP contribution in [-0.2, 0) is 4.79 Å². The summed E-state index contributed by atoms with van der Waals surface area (Å²) in [5.74, 6) is 1.12. The summed E-state index contributed by atoms with van der Waals surface area (Å²) in [6, 6.07) is 6.14. The van der Waals surface area contributed by atoms with Gasteiger partial charge in [0.25, 0.3) is 5.91 Å². The zero-order valence-electron chi connectivity index (χ0n) is 13.9. The normalized spacial score (nSPS) is 24.8. The highest BCUT2D eigenvalue weighted by molar-refractivity contribution is 6.30. The molecule has 2 heterocycles. The molecule has 2 aliphatic rings. The minimum Gasteiger partial charge on any atom is -0.341 e. The van der Waals surface area contributed by atoms with Crippen LogP contribution in [0.25, 0.3) is 0 Å². The zero-order valence-corrected chi connectivity index (χ0v) is 14.7. The van der Waals surface area contributed by atoms with Crippen molar-refractivity contribution in [2.45, 2.75) is 25.8 Å². The second kappa shape index (κ2) is 7.53. The number of amides is 2. The molecule has 3 rings (SSSR count). The van der Waals surface area contributed by atoms with E-state index in [1.165, 1.54) is 0 Å². The van der Waals surface area contributed by atoms with E-state index in [1.54, 1.807) is 31.2 Å². The van der Waals surface area contributed by atoms with Gasteiger partial charge in [-0.05, 0) is 69.0 Å². The van der Waals surface area contributed by atoms with Gasteiger partial charge in [0.1, 0.15) is 6.04 Å². The lowest BCUT2D eigenvalue weighted by Crippen LogP contribution is -2.47. The van der Waals surface area contributed by atoms with Crippen LogP contribution in [0.4, 0.5) is 0 Å². The molecule has 6 heteroatoms. The first-order valence-electron chi connectivity index (χ1n) is 8.60. The van der Waals surface area contributed by atoms with E-state index in [9.17, 15) is 9.59 Å². The van der Waals surface area contributed by atoms with E-state index in [-0.39, 0.29) is 11.8 Å². The van der Waals surface area contributed by atoms with Crippen LogP contribution in [0.5, 0.6) is 0 Å². The number of hydrogen-bond donors (Lipinski definition) is 2. The summed E-state index contributed by atoms with van der Waals surface area (Å²) in [5, 5.41) is 6.82. The van der Waals surface area contributed by atoms with Crippen molar-refractivity contribution in [2.75, 3.05) is 26.2 Å². The molecule has 2 aliphatic heterocycles. The number of hydrogen-bond acceptors (Lipinski definition) is 3. The maximum absolute atomic E-state index is 12.7. The van der Waals surface area contributed by atoms with Crippen LogP contribution in [0.3, 0.4) is 0 Å². The number of nitrogens with one attached hydrogen (secondary N) is 2. The predicted molar refractivity (Wildman–Crippen MR) is 94.0 cm³/mol. The minimum absolute atomic E-state index is 0.00486. The van der Waals surface area contributed by atoms with Crippen molar-refractivity contribution in [3.05, 3.63) is 34.9 Å². The number of fused-ring (bicyclic) bond motifs is 1. The number of nitrogens with zero attached hydrogens (tertiary/aromatic N) is 1. The van der Waals surface area contributed by atoms with Crippen molar-refractivity contribution in [3.63, 3.8) is 0 Å². The van der Waals surface area contributed by atoms with E-state index in [1.807, 2.05) is 4.90 Å². The summed E-state index contributed by atoms with van der Waals surface area (Å²) in [6.07, 6.45) is 2.09. The summed E-state index contributed by atoms with van der Waals surface area (Å²) < 4.78 is 0. The maximum Gasteiger partial charge on any atom is 0.251 e. The van der Waals surface area contributed by atoms with Crippen molar-refractivity contribution in [2.24, 2.45) is 11.8 Å². The average molecular weight is 350 g/mol. The molecule has 2 amide bonds. The molecule has 1 aromatic rings. The fourth-order valence-electron chi connectivity index (χ4n) is 3.66. The third-order valence-electron chi connectivity index (χ3n) is 5.16. The molecule has 130 valence electrons. The molecule has 2 fully saturated rings. The fraction of sp³-hybridized carbons (Fsp3) is 0.556. The largest absolute Gasteiger partial charge is 0.341 e. The topological polar surface area (TPSA) is 61.4 Å². The second-order valence-electron chi connectivity index (χ2n) is 6.78. The summed E-state index contributed by atoms with van der Waals surface area (Å²) in [5.41, 5.74) is 0.510. The van der Waals surface area contributed by atoms with Gasteiger partial charge in [0.2, 0.25) is 5.91 Å². The number of halogens is 1. The minimum atomic E-state index is -0.524. The standard InChI is InChI=1S/C18H24ClN3O2/c1-12(21-17(23)13-2-4-16(19)5-3-13)18(24)22-8-6-14-10-20-11-15(14)7-9-22/h2-5,12,14-15,20H,6-11H2,1H3,(H,21,23)/t12?,14-,15+. The molecule has 2 saturated heterocycles. The average Bonchev–Trinajstić information content (AvgIpc) is 2.93. The van der Waals surface area contributed by atoms with Gasteiger partial charge in [0.15, 0.2) is 0 Å². The highest BCUT2D eigenvalue weighted by atomic mass is 35.5. The van der Waals surface area contributed by atoms with Gasteiger partial charge >= 0.3 is 0 Å². The molecule has 1 unspecified atom stereocenters. The molecule has 0 spiro atoms. The summed E-state index contributed by atoms with van der Waals surface area (Å²) in [7, 11) is 0. The molecule has 0 aromatic heterocycles. The lowest BCUT2D eigenvalue weighted by Gasteiger charge is -2.25. The molecule has 0 aliphatic carbocycles. The lowest BCUT2D eigenvalue weighted by molar-refractivity contribution is -0.132. The van der Waals surface area contributed by atoms with E-state index >= 15 is 0 Å². The monoisotopic (exact) mass is 349 g/mol. The number of carbonyl (C=O) groups excluding carboxylic acids is 2. The maximum atomic E-state index is 12.7. The molecular formula is C18H24ClN3O2. The van der Waals surface area contributed by atoms with Crippen LogP contribution < -0.4 is 10.6 Å². The van der Waals surface area contributed by atoms with Gasteiger partial charge in [-0.3, -0.25) is 9.59 Å². The first-order chi connectivity index (χ1) is 11.5. The van der Waals surface area contributed by atoms with Gasteiger partial charge < -0.3 is 15.5 Å². The van der Waals surface area contributed by atoms with Crippen molar-refractivity contribution in [3.8, 4) is 0 Å². The predicted octanol–water partition coefficient (Wildman–Crippen LogP) is 1.92. The number of carbonyl (C=O) groups is 2. The Morgan fingerprint density at radius 1 is 1.17 bits per heavy atom. The molecule has 24 heavy (non-hydrogen) atoms. The van der Waals surface area contributed by atoms with Crippen LogP contribution in [-0.4, -0.2) is 48.9 Å². The Morgan fingerprint density at radius 2 is 1.75 bits per heavy atom. The lowest BCUT2D eigenvalue weighted by atomic mass is 9.92. The quantitative estimate of drug-likeness (QED) is 0.876. The van der Waals surface area contributed by atoms with Crippen LogP contribution in [0, 0.1) is 11.8 Å². The summed E-state index contributed by atoms with van der Waals surface area (Å²) in [4.78, 5) is 26.8. The fourth-order valence-corrected chi connectivity index (χ4v) is 3.78. The van der Waals surface area contributed by atoms with Gasteiger partial charge in [-0.25, -0.2) is 0 Å². The zero-order chi connectivity index (χ0) is 17.1. The molecule has 2 N–H and O–H groups in total. The van der Waals surface area contributed by atoms with Gasteiger partial charge in [-0.2, -0.15) is 0 Å². The van der Waals surface area contributed by atoms with Gasteiger partial charge in [-0.15, -0.1) is 0 Å². The molecule has 3 atom stereocenters. The molecule has 5 nitrogen and oxygen atoms in total. The first-order valence-corrected chi connectivity index (χ1v) is 8.98. The second-order valence-corrected chi connectivity index (χ2v) is 7.22. The van der Waals surface area contributed by atoms with E-state index in [0.29, 0.717) is 22.4 Å². The third kappa shape index (κ3) is 3.90. The van der Waals surface area contributed by atoms with E-state index in [4.69, 9.17) is 11.6 Å². The Labute approximate surface area is 147 Å². The van der Waals surface area contributed by atoms with Gasteiger partial charge in [0, 0.05) is 23.7 Å². The van der Waals surface area contributed by atoms with Gasteiger partial charge in [-0.1, -0.05) is 11.6 Å². The van der Waals surface area contributed by atoms with Crippen molar-refractivity contribution >= 4 is 23.4 Å². The Bertz CT molecular complexity index is 591. The van der Waals surface area contributed by atoms with Gasteiger partial charge in [0.05, 0.1) is 0 Å². The van der Waals surface area contributed by atoms with Crippen molar-refractivity contribution in [1.82, 2.24) is 15.5 Å². The summed E-state index contributed by atoms with van der Waals surface area (Å²) in [6.45, 7) is 5.44. The molecular weight excluding hydrogens is 326 g/mol. The molecule has 0 bridgehead atoms. The molecule has 0 saturated carbocycles. The number of rotatable bonds is 3. The Hall–Kier alpha value is -1.59. The Kier molecular flexibility index (Phi) is 5.41. The van der Waals surface area contributed by atoms with E-state index in [0.717, 1.165) is 39.0 Å². The third-order valence-corrected chi connectivity index (χ3v) is 5.41. The SMILES string of the molecule is CC(NC(=O)c1ccc(Cl)cc1)C(=O)N1CC[C@@H]2CNC[C@@H]2CC1. The van der Waals surface area contributed by atoms with Crippen LogP contribution >= 0.6 is 11.6 Å². The van der Waals surface area contributed by atoms with Crippen LogP contribution in [0.2, 0.25) is 5.02 Å². The van der Waals surface area contributed by atoms with Crippen LogP contribution in [0.15, 0.2) is 24.3 Å². The molecule has 0 radical (unpaired) electrons. The number of likely N-dealkylation sites (tertiary alicyclic amines) is 1. The van der Waals surface area contributed by atoms with E-state index < -0.39 is 6.04 Å².